The lowest BCUT2D eigenvalue weighted by Crippen LogP contribution is -2.04. The van der Waals surface area contributed by atoms with Gasteiger partial charge in [0.05, 0.1) is 10.8 Å². The SMILES string of the molecule is Cc1cc(C(=O)CSc2cc(Cl)ccc2Cl)c(C)n1C. The number of Topliss-reactive ketones (excluding diaryl/α,β-unsaturated/α-hetero) is 1. The molecule has 0 N–H and O–H groups in total. The predicted molar refractivity (Wildman–Crippen MR) is 86.4 cm³/mol. The molecule has 0 saturated heterocycles. The summed E-state index contributed by atoms with van der Waals surface area (Å²) in [6, 6.07) is 7.19. The molecule has 0 fully saturated rings. The number of thioether (sulfide) groups is 1. The number of aryl methyl sites for hydroxylation is 1. The Labute approximate surface area is 133 Å². The van der Waals surface area contributed by atoms with Gasteiger partial charge in [-0.2, -0.15) is 0 Å². The van der Waals surface area contributed by atoms with Crippen LogP contribution >= 0.6 is 35.0 Å². The molecule has 1 aromatic carbocycles. The molecule has 1 heterocycles. The summed E-state index contributed by atoms with van der Waals surface area (Å²) in [6.45, 7) is 3.95. The minimum Gasteiger partial charge on any atom is -0.351 e. The Balaban J connectivity index is 2.12. The summed E-state index contributed by atoms with van der Waals surface area (Å²) in [5.74, 6) is 0.455. The largest absolute Gasteiger partial charge is 0.351 e. The Hall–Kier alpha value is -0.900. The Kier molecular flexibility index (Phi) is 4.84. The van der Waals surface area contributed by atoms with Crippen molar-refractivity contribution in [1.82, 2.24) is 4.57 Å². The maximum atomic E-state index is 12.3. The number of carbonyl (C=O) groups excluding carboxylic acids is 1. The molecule has 2 nitrogen and oxygen atoms in total. The lowest BCUT2D eigenvalue weighted by Gasteiger charge is -2.05. The van der Waals surface area contributed by atoms with Crippen LogP contribution in [0.5, 0.6) is 0 Å². The predicted octanol–water partition coefficient (Wildman–Crippen LogP) is 4.92. The molecule has 1 aromatic heterocycles. The number of hydrogen-bond acceptors (Lipinski definition) is 2. The van der Waals surface area contributed by atoms with E-state index < -0.39 is 0 Å². The maximum absolute atomic E-state index is 12.3. The first-order valence-electron chi connectivity index (χ1n) is 6.14. The number of carbonyl (C=O) groups is 1. The minimum absolute atomic E-state index is 0.104. The first kappa shape index (κ1) is 15.5. The highest BCUT2D eigenvalue weighted by molar-refractivity contribution is 8.00. The summed E-state index contributed by atoms with van der Waals surface area (Å²) >= 11 is 13.4. The average molecular weight is 328 g/mol. The fourth-order valence-corrected chi connectivity index (χ4v) is 3.32. The molecular weight excluding hydrogens is 313 g/mol. The normalized spacial score (nSPS) is 10.8. The summed E-state index contributed by atoms with van der Waals surface area (Å²) in [6.07, 6.45) is 0. The Morgan fingerprint density at radius 2 is 1.95 bits per heavy atom. The van der Waals surface area contributed by atoms with E-state index in [1.54, 1.807) is 18.2 Å². The highest BCUT2D eigenvalue weighted by Crippen LogP contribution is 2.30. The van der Waals surface area contributed by atoms with Crippen molar-refractivity contribution in [3.63, 3.8) is 0 Å². The van der Waals surface area contributed by atoms with Gasteiger partial charge < -0.3 is 4.57 Å². The third-order valence-corrected chi connectivity index (χ3v) is 5.06. The molecular formula is C15H15Cl2NOS. The van der Waals surface area contributed by atoms with Gasteiger partial charge in [-0.25, -0.2) is 0 Å². The van der Waals surface area contributed by atoms with E-state index in [0.717, 1.165) is 21.8 Å². The van der Waals surface area contributed by atoms with Gasteiger partial charge in [-0.15, -0.1) is 11.8 Å². The van der Waals surface area contributed by atoms with Crippen molar-refractivity contribution in [2.45, 2.75) is 18.7 Å². The summed E-state index contributed by atoms with van der Waals surface area (Å²) in [5, 5.41) is 1.24. The van der Waals surface area contributed by atoms with Crippen molar-refractivity contribution in [2.75, 3.05) is 5.75 Å². The van der Waals surface area contributed by atoms with Gasteiger partial charge in [0.1, 0.15) is 0 Å². The highest BCUT2D eigenvalue weighted by atomic mass is 35.5. The Morgan fingerprint density at radius 1 is 1.25 bits per heavy atom. The molecule has 0 amide bonds. The van der Waals surface area contributed by atoms with Gasteiger partial charge in [0, 0.05) is 33.9 Å². The average Bonchev–Trinajstić information content (AvgIpc) is 2.67. The fourth-order valence-electron chi connectivity index (χ4n) is 1.95. The second kappa shape index (κ2) is 6.25. The zero-order chi connectivity index (χ0) is 14.9. The van der Waals surface area contributed by atoms with Crippen LogP contribution < -0.4 is 0 Å². The van der Waals surface area contributed by atoms with E-state index in [-0.39, 0.29) is 5.78 Å². The van der Waals surface area contributed by atoms with Crippen molar-refractivity contribution >= 4 is 40.7 Å². The molecule has 5 heteroatoms. The first-order valence-corrected chi connectivity index (χ1v) is 7.88. The molecule has 20 heavy (non-hydrogen) atoms. The number of rotatable bonds is 4. The van der Waals surface area contributed by atoms with Gasteiger partial charge in [-0.05, 0) is 38.1 Å². The van der Waals surface area contributed by atoms with E-state index in [2.05, 4.69) is 0 Å². The van der Waals surface area contributed by atoms with Crippen LogP contribution in [0, 0.1) is 13.8 Å². The minimum atomic E-state index is 0.104. The summed E-state index contributed by atoms with van der Waals surface area (Å²) in [4.78, 5) is 13.1. The van der Waals surface area contributed by atoms with Crippen LogP contribution in [0.1, 0.15) is 21.7 Å². The molecule has 106 valence electrons. The van der Waals surface area contributed by atoms with Gasteiger partial charge in [-0.1, -0.05) is 23.2 Å². The van der Waals surface area contributed by atoms with Crippen LogP contribution in [-0.4, -0.2) is 16.1 Å². The van der Waals surface area contributed by atoms with Gasteiger partial charge in [0.2, 0.25) is 0 Å². The van der Waals surface area contributed by atoms with E-state index in [9.17, 15) is 4.79 Å². The fraction of sp³-hybridized carbons (Fsp3) is 0.267. The van der Waals surface area contributed by atoms with Crippen LogP contribution in [-0.2, 0) is 7.05 Å². The Bertz CT molecular complexity index is 664. The lowest BCUT2D eigenvalue weighted by atomic mass is 10.2. The van der Waals surface area contributed by atoms with E-state index >= 15 is 0 Å². The molecule has 0 radical (unpaired) electrons. The van der Waals surface area contributed by atoms with Gasteiger partial charge in [-0.3, -0.25) is 4.79 Å². The molecule has 2 rings (SSSR count). The number of hydrogen-bond donors (Lipinski definition) is 0. The summed E-state index contributed by atoms with van der Waals surface area (Å²) in [7, 11) is 1.96. The van der Waals surface area contributed by atoms with Crippen molar-refractivity contribution < 1.29 is 4.79 Å². The van der Waals surface area contributed by atoms with Crippen molar-refractivity contribution in [3.8, 4) is 0 Å². The van der Waals surface area contributed by atoms with Gasteiger partial charge in [0.15, 0.2) is 5.78 Å². The molecule has 0 unspecified atom stereocenters. The molecule has 0 spiro atoms. The number of halogens is 2. The van der Waals surface area contributed by atoms with Crippen LogP contribution in [0.15, 0.2) is 29.2 Å². The quantitative estimate of drug-likeness (QED) is 0.587. The van der Waals surface area contributed by atoms with E-state index in [1.807, 2.05) is 31.5 Å². The van der Waals surface area contributed by atoms with E-state index in [4.69, 9.17) is 23.2 Å². The zero-order valence-corrected chi connectivity index (χ0v) is 13.9. The molecule has 0 aliphatic carbocycles. The maximum Gasteiger partial charge on any atom is 0.174 e. The number of ketones is 1. The second-order valence-electron chi connectivity index (χ2n) is 4.63. The zero-order valence-electron chi connectivity index (χ0n) is 11.5. The van der Waals surface area contributed by atoms with E-state index in [0.29, 0.717) is 15.8 Å². The molecule has 0 bridgehead atoms. The number of benzene rings is 1. The first-order chi connectivity index (χ1) is 9.40. The third kappa shape index (κ3) is 3.22. The standard InChI is InChI=1S/C15H15Cl2NOS/c1-9-6-12(10(2)18(9)3)14(19)8-20-15-7-11(16)4-5-13(15)17/h4-7H,8H2,1-3H3. The van der Waals surface area contributed by atoms with Crippen LogP contribution in [0.25, 0.3) is 0 Å². The number of aromatic nitrogens is 1. The smallest absolute Gasteiger partial charge is 0.174 e. The second-order valence-corrected chi connectivity index (χ2v) is 6.49. The number of nitrogens with zero attached hydrogens (tertiary/aromatic N) is 1. The van der Waals surface area contributed by atoms with Gasteiger partial charge in [0.25, 0.3) is 0 Å². The van der Waals surface area contributed by atoms with Crippen LogP contribution in [0.3, 0.4) is 0 Å². The van der Waals surface area contributed by atoms with Crippen molar-refractivity contribution in [3.05, 3.63) is 51.3 Å². The summed E-state index contributed by atoms with van der Waals surface area (Å²) in [5.41, 5.74) is 2.84. The van der Waals surface area contributed by atoms with Crippen LogP contribution in [0.2, 0.25) is 10.0 Å². The molecule has 0 aliphatic heterocycles. The molecule has 0 aliphatic rings. The Morgan fingerprint density at radius 3 is 2.55 bits per heavy atom. The molecule has 2 aromatic rings. The van der Waals surface area contributed by atoms with E-state index in [1.165, 1.54) is 11.8 Å². The molecule has 0 saturated carbocycles. The van der Waals surface area contributed by atoms with Crippen molar-refractivity contribution in [2.24, 2.45) is 7.05 Å². The van der Waals surface area contributed by atoms with Gasteiger partial charge >= 0.3 is 0 Å². The summed E-state index contributed by atoms with van der Waals surface area (Å²) < 4.78 is 2.02. The molecule has 0 atom stereocenters. The lowest BCUT2D eigenvalue weighted by molar-refractivity contribution is 0.102. The topological polar surface area (TPSA) is 22.0 Å². The highest BCUT2D eigenvalue weighted by Gasteiger charge is 2.15. The van der Waals surface area contributed by atoms with Crippen molar-refractivity contribution in [1.29, 1.82) is 0 Å². The monoisotopic (exact) mass is 327 g/mol. The van der Waals surface area contributed by atoms with Crippen LogP contribution in [0.4, 0.5) is 0 Å². The third-order valence-electron chi connectivity index (χ3n) is 3.33.